The van der Waals surface area contributed by atoms with Gasteiger partial charge in [-0.15, -0.1) is 10.2 Å². The molecule has 1 aromatic carbocycles. The zero-order chi connectivity index (χ0) is 11.8. The van der Waals surface area contributed by atoms with Gasteiger partial charge in [-0.25, -0.2) is 0 Å². The number of aromatic nitrogens is 3. The topological polar surface area (TPSA) is 50.4 Å². The summed E-state index contributed by atoms with van der Waals surface area (Å²) in [5.74, 6) is 0.840. The van der Waals surface area contributed by atoms with E-state index in [1.807, 2.05) is 30.5 Å². The zero-order valence-corrected chi connectivity index (χ0v) is 10.3. The number of hydrogen-bond donors (Lipinski definition) is 1. The van der Waals surface area contributed by atoms with Crippen LogP contribution in [0, 0.1) is 0 Å². The van der Waals surface area contributed by atoms with Gasteiger partial charge in [0.05, 0.1) is 0 Å². The van der Waals surface area contributed by atoms with Crippen LogP contribution >= 0.6 is 15.9 Å². The van der Waals surface area contributed by atoms with E-state index in [4.69, 9.17) is 0 Å². The molecule has 0 bridgehead atoms. The first-order chi connectivity index (χ1) is 8.25. The molecule has 17 heavy (non-hydrogen) atoms. The molecule has 0 unspecified atom stereocenters. The van der Waals surface area contributed by atoms with Crippen molar-refractivity contribution in [3.8, 4) is 17.1 Å². The minimum Gasteiger partial charge on any atom is -0.504 e. The van der Waals surface area contributed by atoms with Crippen molar-refractivity contribution in [2.45, 2.75) is 0 Å². The standard InChI is InChI=1S/C12H8BrN3O/c13-9-5-3-8(4-6-9)11-14-15-12-10(17)2-1-7-16(11)12/h1-7,17H. The number of fused-ring (bicyclic) bond motifs is 1. The van der Waals surface area contributed by atoms with Crippen LogP contribution in [0.15, 0.2) is 47.1 Å². The predicted octanol–water partition coefficient (Wildman–Crippen LogP) is 2.86. The Bertz CT molecular complexity index is 676. The van der Waals surface area contributed by atoms with E-state index in [2.05, 4.69) is 26.1 Å². The number of rotatable bonds is 1. The molecule has 3 rings (SSSR count). The maximum Gasteiger partial charge on any atom is 0.203 e. The lowest BCUT2D eigenvalue weighted by molar-refractivity contribution is 0.477. The third kappa shape index (κ3) is 1.68. The van der Waals surface area contributed by atoms with Gasteiger partial charge in [-0.2, -0.15) is 0 Å². The van der Waals surface area contributed by atoms with Gasteiger partial charge in [-0.3, -0.25) is 4.40 Å². The lowest BCUT2D eigenvalue weighted by Crippen LogP contribution is -1.88. The number of benzene rings is 1. The van der Waals surface area contributed by atoms with Gasteiger partial charge in [0.15, 0.2) is 11.6 Å². The summed E-state index contributed by atoms with van der Waals surface area (Å²) in [4.78, 5) is 0. The molecule has 0 spiro atoms. The van der Waals surface area contributed by atoms with E-state index < -0.39 is 0 Å². The smallest absolute Gasteiger partial charge is 0.203 e. The Labute approximate surface area is 106 Å². The summed E-state index contributed by atoms with van der Waals surface area (Å²) in [6.07, 6.45) is 1.83. The zero-order valence-electron chi connectivity index (χ0n) is 8.71. The summed E-state index contributed by atoms with van der Waals surface area (Å²) in [7, 11) is 0. The molecule has 0 saturated carbocycles. The van der Waals surface area contributed by atoms with Gasteiger partial charge in [0, 0.05) is 16.2 Å². The normalized spacial score (nSPS) is 10.9. The minimum atomic E-state index is 0.128. The lowest BCUT2D eigenvalue weighted by atomic mass is 10.2. The number of halogens is 1. The SMILES string of the molecule is Oc1cccn2c(-c3ccc(Br)cc3)nnc12. The van der Waals surface area contributed by atoms with Crippen LogP contribution in [0.2, 0.25) is 0 Å². The number of pyridine rings is 1. The summed E-state index contributed by atoms with van der Waals surface area (Å²) in [5.41, 5.74) is 1.41. The van der Waals surface area contributed by atoms with E-state index in [-0.39, 0.29) is 5.75 Å². The highest BCUT2D eigenvalue weighted by Crippen LogP contribution is 2.23. The van der Waals surface area contributed by atoms with Crippen LogP contribution in [-0.4, -0.2) is 19.7 Å². The average molecular weight is 290 g/mol. The summed E-state index contributed by atoms with van der Waals surface area (Å²) in [5, 5.41) is 17.7. The molecular formula is C12H8BrN3O. The van der Waals surface area contributed by atoms with E-state index in [1.54, 1.807) is 16.5 Å². The van der Waals surface area contributed by atoms with Crippen LogP contribution in [0.3, 0.4) is 0 Å². The Hall–Kier alpha value is -1.88. The third-order valence-electron chi connectivity index (χ3n) is 2.52. The summed E-state index contributed by atoms with van der Waals surface area (Å²) in [6, 6.07) is 11.1. The molecule has 0 aliphatic carbocycles. The van der Waals surface area contributed by atoms with Gasteiger partial charge in [0.2, 0.25) is 5.65 Å². The molecular weight excluding hydrogens is 282 g/mol. The van der Waals surface area contributed by atoms with Crippen molar-refractivity contribution in [3.05, 3.63) is 47.1 Å². The molecule has 5 heteroatoms. The quantitative estimate of drug-likeness (QED) is 0.749. The van der Waals surface area contributed by atoms with Crippen molar-refractivity contribution in [1.82, 2.24) is 14.6 Å². The molecule has 0 atom stereocenters. The van der Waals surface area contributed by atoms with Gasteiger partial charge in [-0.05, 0) is 24.3 Å². The largest absolute Gasteiger partial charge is 0.504 e. The molecule has 4 nitrogen and oxygen atoms in total. The van der Waals surface area contributed by atoms with Crippen molar-refractivity contribution < 1.29 is 5.11 Å². The Kier molecular flexibility index (Phi) is 2.33. The predicted molar refractivity (Wildman–Crippen MR) is 67.8 cm³/mol. The molecule has 3 aromatic rings. The van der Waals surface area contributed by atoms with Crippen molar-refractivity contribution in [2.75, 3.05) is 0 Å². The number of aromatic hydroxyl groups is 1. The van der Waals surface area contributed by atoms with Crippen molar-refractivity contribution in [1.29, 1.82) is 0 Å². The second-order valence-corrected chi connectivity index (χ2v) is 4.53. The molecule has 2 heterocycles. The molecule has 0 fully saturated rings. The van der Waals surface area contributed by atoms with Crippen LogP contribution in [0.25, 0.3) is 17.0 Å². The fourth-order valence-electron chi connectivity index (χ4n) is 1.70. The number of hydrogen-bond acceptors (Lipinski definition) is 3. The summed E-state index contributed by atoms with van der Waals surface area (Å²) >= 11 is 3.39. The van der Waals surface area contributed by atoms with Crippen LogP contribution in [0.4, 0.5) is 0 Å². The van der Waals surface area contributed by atoms with E-state index >= 15 is 0 Å². The van der Waals surface area contributed by atoms with Crippen molar-refractivity contribution in [2.24, 2.45) is 0 Å². The highest BCUT2D eigenvalue weighted by atomic mass is 79.9. The molecule has 0 saturated heterocycles. The van der Waals surface area contributed by atoms with Gasteiger partial charge in [-0.1, -0.05) is 28.1 Å². The van der Waals surface area contributed by atoms with Gasteiger partial charge in [0.1, 0.15) is 0 Å². The van der Waals surface area contributed by atoms with Crippen molar-refractivity contribution >= 4 is 21.6 Å². The van der Waals surface area contributed by atoms with E-state index in [9.17, 15) is 5.11 Å². The summed E-state index contributed by atoms with van der Waals surface area (Å²) < 4.78 is 2.77. The van der Waals surface area contributed by atoms with Crippen LogP contribution in [0.5, 0.6) is 5.75 Å². The molecule has 0 radical (unpaired) electrons. The molecule has 0 amide bonds. The van der Waals surface area contributed by atoms with Crippen LogP contribution < -0.4 is 0 Å². The maximum absolute atomic E-state index is 9.64. The Morgan fingerprint density at radius 2 is 1.82 bits per heavy atom. The van der Waals surface area contributed by atoms with Gasteiger partial charge >= 0.3 is 0 Å². The average Bonchev–Trinajstić information content (AvgIpc) is 2.75. The Balaban J connectivity index is 2.24. The summed E-state index contributed by atoms with van der Waals surface area (Å²) in [6.45, 7) is 0. The fourth-order valence-corrected chi connectivity index (χ4v) is 1.96. The minimum absolute atomic E-state index is 0.128. The molecule has 1 N–H and O–H groups in total. The highest BCUT2D eigenvalue weighted by Gasteiger charge is 2.09. The van der Waals surface area contributed by atoms with Gasteiger partial charge < -0.3 is 5.11 Å². The molecule has 84 valence electrons. The monoisotopic (exact) mass is 289 g/mol. The first-order valence-electron chi connectivity index (χ1n) is 5.04. The van der Waals surface area contributed by atoms with E-state index in [0.29, 0.717) is 11.5 Å². The maximum atomic E-state index is 9.64. The first kappa shape index (κ1) is 10.3. The van der Waals surface area contributed by atoms with Crippen LogP contribution in [0.1, 0.15) is 0 Å². The molecule has 0 aliphatic heterocycles. The first-order valence-corrected chi connectivity index (χ1v) is 5.83. The fraction of sp³-hybridized carbons (Fsp3) is 0. The third-order valence-corrected chi connectivity index (χ3v) is 3.05. The molecule has 2 aromatic heterocycles. The van der Waals surface area contributed by atoms with Crippen LogP contribution in [-0.2, 0) is 0 Å². The van der Waals surface area contributed by atoms with E-state index in [0.717, 1.165) is 10.0 Å². The van der Waals surface area contributed by atoms with Crippen molar-refractivity contribution in [3.63, 3.8) is 0 Å². The second-order valence-electron chi connectivity index (χ2n) is 3.62. The van der Waals surface area contributed by atoms with Gasteiger partial charge in [0.25, 0.3) is 0 Å². The van der Waals surface area contributed by atoms with E-state index in [1.165, 1.54) is 0 Å². The lowest BCUT2D eigenvalue weighted by Gasteiger charge is -2.00. The number of nitrogens with zero attached hydrogens (tertiary/aromatic N) is 3. The Morgan fingerprint density at radius 1 is 1.06 bits per heavy atom. The second kappa shape index (κ2) is 3.85. The Morgan fingerprint density at radius 3 is 2.59 bits per heavy atom. The molecule has 0 aliphatic rings. The highest BCUT2D eigenvalue weighted by molar-refractivity contribution is 9.10.